The molecule has 0 aliphatic rings. The third-order valence-electron chi connectivity index (χ3n) is 3.66. The normalized spacial score (nSPS) is 11.3. The van der Waals surface area contributed by atoms with Crippen LogP contribution in [0, 0.1) is 5.82 Å². The van der Waals surface area contributed by atoms with Gasteiger partial charge in [-0.1, -0.05) is 12.1 Å². The van der Waals surface area contributed by atoms with Crippen molar-refractivity contribution in [2.24, 2.45) is 5.14 Å². The first-order valence-corrected chi connectivity index (χ1v) is 9.37. The summed E-state index contributed by atoms with van der Waals surface area (Å²) < 4.78 is 40.6. The predicted molar refractivity (Wildman–Crippen MR) is 93.5 cm³/mol. The highest BCUT2D eigenvalue weighted by Crippen LogP contribution is 2.18. The van der Waals surface area contributed by atoms with Crippen LogP contribution in [0.1, 0.15) is 16.2 Å². The molecule has 0 unspecified atom stereocenters. The molecule has 1 aromatic heterocycles. The number of carbonyl (C=O) groups is 1. The van der Waals surface area contributed by atoms with Crippen molar-refractivity contribution in [1.82, 2.24) is 15.5 Å². The second-order valence-corrected chi connectivity index (χ2v) is 7.18. The van der Waals surface area contributed by atoms with E-state index in [1.807, 2.05) is 0 Å². The molecule has 0 spiro atoms. The van der Waals surface area contributed by atoms with Gasteiger partial charge < -0.3 is 9.73 Å². The highest BCUT2D eigenvalue weighted by molar-refractivity contribution is 7.89. The minimum absolute atomic E-state index is 0.0227. The lowest BCUT2D eigenvalue weighted by molar-refractivity contribution is 0.0920. The number of nitrogens with zero attached hydrogens (tertiary/aromatic N) is 2. The van der Waals surface area contributed by atoms with E-state index >= 15 is 0 Å². The zero-order valence-electron chi connectivity index (χ0n) is 13.9. The molecule has 0 bridgehead atoms. The number of hydrogen-bond acceptors (Lipinski definition) is 6. The minimum atomic E-state index is -3.73. The lowest BCUT2D eigenvalue weighted by atomic mass is 10.1. The Kier molecular flexibility index (Phi) is 5.28. The van der Waals surface area contributed by atoms with Gasteiger partial charge in [0.1, 0.15) is 5.82 Å². The van der Waals surface area contributed by atoms with E-state index in [9.17, 15) is 17.6 Å². The van der Waals surface area contributed by atoms with Crippen LogP contribution in [0.4, 0.5) is 4.39 Å². The Morgan fingerprint density at radius 3 is 2.37 bits per heavy atom. The number of aromatic nitrogens is 2. The van der Waals surface area contributed by atoms with Crippen molar-refractivity contribution in [3.05, 3.63) is 65.8 Å². The molecule has 1 amide bonds. The fourth-order valence-electron chi connectivity index (χ4n) is 2.27. The van der Waals surface area contributed by atoms with Gasteiger partial charge in [0.2, 0.25) is 15.9 Å². The average molecular weight is 390 g/mol. The Hall–Kier alpha value is -3.11. The van der Waals surface area contributed by atoms with E-state index in [1.165, 1.54) is 36.4 Å². The van der Waals surface area contributed by atoms with Gasteiger partial charge in [-0.3, -0.25) is 4.79 Å². The van der Waals surface area contributed by atoms with E-state index in [4.69, 9.17) is 9.56 Å². The Morgan fingerprint density at radius 2 is 1.74 bits per heavy atom. The first-order valence-electron chi connectivity index (χ1n) is 7.82. The van der Waals surface area contributed by atoms with E-state index in [-0.39, 0.29) is 23.2 Å². The molecule has 0 saturated heterocycles. The third kappa shape index (κ3) is 4.74. The van der Waals surface area contributed by atoms with Crippen molar-refractivity contribution in [3.8, 4) is 11.5 Å². The summed E-state index contributed by atoms with van der Waals surface area (Å²) in [5.41, 5.74) is 1.32. The smallest absolute Gasteiger partial charge is 0.308 e. The molecule has 3 aromatic rings. The molecule has 0 radical (unpaired) electrons. The van der Waals surface area contributed by atoms with Crippen molar-refractivity contribution in [2.75, 3.05) is 6.54 Å². The van der Waals surface area contributed by atoms with Crippen molar-refractivity contribution >= 4 is 15.9 Å². The number of amides is 1. The van der Waals surface area contributed by atoms with Gasteiger partial charge in [0, 0.05) is 12.1 Å². The van der Waals surface area contributed by atoms with E-state index in [0.29, 0.717) is 12.0 Å². The molecule has 2 aromatic carbocycles. The summed E-state index contributed by atoms with van der Waals surface area (Å²) in [6, 6.07) is 11.5. The number of sulfonamides is 1. The Bertz CT molecular complexity index is 1050. The molecule has 0 aliphatic heterocycles. The highest BCUT2D eigenvalue weighted by Gasteiger charge is 2.15. The lowest BCUT2D eigenvalue weighted by Crippen LogP contribution is -2.26. The average Bonchev–Trinajstić information content (AvgIpc) is 3.12. The molecule has 140 valence electrons. The second-order valence-electron chi connectivity index (χ2n) is 5.61. The molecular weight excluding hydrogens is 375 g/mol. The predicted octanol–water partition coefficient (Wildman–Crippen LogP) is 1.50. The van der Waals surface area contributed by atoms with Gasteiger partial charge in [0.05, 0.1) is 4.90 Å². The van der Waals surface area contributed by atoms with E-state index in [0.717, 1.165) is 5.56 Å². The van der Waals surface area contributed by atoms with Gasteiger partial charge in [-0.25, -0.2) is 17.9 Å². The van der Waals surface area contributed by atoms with Crippen LogP contribution in [0.25, 0.3) is 11.5 Å². The Labute approximate surface area is 154 Å². The molecule has 0 aliphatic carbocycles. The molecule has 27 heavy (non-hydrogen) atoms. The summed E-state index contributed by atoms with van der Waals surface area (Å²) in [5.74, 6) is -1.04. The molecule has 0 fully saturated rings. The van der Waals surface area contributed by atoms with E-state index < -0.39 is 21.7 Å². The molecule has 0 saturated carbocycles. The SMILES string of the molecule is NS(=O)(=O)c1ccc(CCNC(=O)c2nnc(-c3ccc(F)cc3)o2)cc1. The van der Waals surface area contributed by atoms with Crippen molar-refractivity contribution in [1.29, 1.82) is 0 Å². The summed E-state index contributed by atoms with van der Waals surface area (Å²) in [5, 5.41) is 15.1. The summed E-state index contributed by atoms with van der Waals surface area (Å²) in [7, 11) is -3.73. The standard InChI is InChI=1S/C17H15FN4O4S/c18-13-5-3-12(4-6-13)16-21-22-17(26-16)15(23)20-10-9-11-1-7-14(8-2-11)27(19,24)25/h1-8H,9-10H2,(H,20,23)(H2,19,24,25). The van der Waals surface area contributed by atoms with Crippen molar-refractivity contribution in [3.63, 3.8) is 0 Å². The number of benzene rings is 2. The fourth-order valence-corrected chi connectivity index (χ4v) is 2.78. The first-order chi connectivity index (χ1) is 12.8. The van der Waals surface area contributed by atoms with Crippen LogP contribution in [-0.4, -0.2) is 31.1 Å². The summed E-state index contributed by atoms with van der Waals surface area (Å²) >= 11 is 0. The highest BCUT2D eigenvalue weighted by atomic mass is 32.2. The summed E-state index contributed by atoms with van der Waals surface area (Å²) in [6.07, 6.45) is 0.468. The molecular formula is C17H15FN4O4S. The van der Waals surface area contributed by atoms with Crippen LogP contribution in [0.15, 0.2) is 57.8 Å². The van der Waals surface area contributed by atoms with Crippen LogP contribution in [0.5, 0.6) is 0 Å². The second kappa shape index (κ2) is 7.64. The van der Waals surface area contributed by atoms with Gasteiger partial charge in [-0.05, 0) is 48.4 Å². The zero-order chi connectivity index (χ0) is 19.4. The Morgan fingerprint density at radius 1 is 1.07 bits per heavy atom. The van der Waals surface area contributed by atoms with Crippen LogP contribution >= 0.6 is 0 Å². The van der Waals surface area contributed by atoms with Crippen LogP contribution in [0.2, 0.25) is 0 Å². The number of hydrogen-bond donors (Lipinski definition) is 2. The van der Waals surface area contributed by atoms with E-state index in [1.54, 1.807) is 12.1 Å². The van der Waals surface area contributed by atoms with Gasteiger partial charge in [-0.2, -0.15) is 0 Å². The molecule has 1 heterocycles. The number of carbonyl (C=O) groups excluding carboxylic acids is 1. The van der Waals surface area contributed by atoms with Crippen LogP contribution in [-0.2, 0) is 16.4 Å². The quantitative estimate of drug-likeness (QED) is 0.656. The maximum Gasteiger partial charge on any atom is 0.308 e. The first kappa shape index (κ1) is 18.7. The Balaban J connectivity index is 1.56. The minimum Gasteiger partial charge on any atom is -0.412 e. The number of halogens is 1. The van der Waals surface area contributed by atoms with Crippen LogP contribution < -0.4 is 10.5 Å². The maximum absolute atomic E-state index is 12.9. The monoisotopic (exact) mass is 390 g/mol. The van der Waals surface area contributed by atoms with Crippen molar-refractivity contribution in [2.45, 2.75) is 11.3 Å². The number of rotatable bonds is 6. The van der Waals surface area contributed by atoms with Gasteiger partial charge >= 0.3 is 11.8 Å². The van der Waals surface area contributed by atoms with Gasteiger partial charge in [0.15, 0.2) is 0 Å². The van der Waals surface area contributed by atoms with Gasteiger partial charge in [-0.15, -0.1) is 10.2 Å². The maximum atomic E-state index is 12.9. The van der Waals surface area contributed by atoms with Crippen molar-refractivity contribution < 1.29 is 22.0 Å². The van der Waals surface area contributed by atoms with E-state index in [2.05, 4.69) is 15.5 Å². The molecule has 0 atom stereocenters. The topological polar surface area (TPSA) is 128 Å². The van der Waals surface area contributed by atoms with Crippen LogP contribution in [0.3, 0.4) is 0 Å². The lowest BCUT2D eigenvalue weighted by Gasteiger charge is -2.04. The summed E-state index contributed by atoms with van der Waals surface area (Å²) in [6.45, 7) is 0.280. The number of primary sulfonamides is 1. The molecule has 3 rings (SSSR count). The third-order valence-corrected chi connectivity index (χ3v) is 4.59. The number of nitrogens with two attached hydrogens (primary N) is 1. The molecule has 3 N–H and O–H groups in total. The largest absolute Gasteiger partial charge is 0.412 e. The van der Waals surface area contributed by atoms with Gasteiger partial charge in [0.25, 0.3) is 0 Å². The zero-order valence-corrected chi connectivity index (χ0v) is 14.7. The summed E-state index contributed by atoms with van der Waals surface area (Å²) in [4.78, 5) is 12.1. The number of nitrogens with one attached hydrogen (secondary N) is 1. The molecule has 10 heteroatoms. The molecule has 8 nitrogen and oxygen atoms in total. The fraction of sp³-hybridized carbons (Fsp3) is 0.118.